The number of fused-ring (bicyclic) bond motifs is 1. The van der Waals surface area contributed by atoms with Gasteiger partial charge in [0.15, 0.2) is 0 Å². The van der Waals surface area contributed by atoms with Gasteiger partial charge in [0.2, 0.25) is 0 Å². The van der Waals surface area contributed by atoms with Crippen molar-refractivity contribution in [3.63, 3.8) is 0 Å². The van der Waals surface area contributed by atoms with Gasteiger partial charge in [-0.15, -0.1) is 0 Å². The van der Waals surface area contributed by atoms with Crippen LogP contribution in [0.4, 0.5) is 0 Å². The normalized spacial score (nSPS) is 11.0. The fourth-order valence-electron chi connectivity index (χ4n) is 3.21. The Balaban J connectivity index is 2.42. The molecule has 0 fully saturated rings. The van der Waals surface area contributed by atoms with Crippen molar-refractivity contribution in [1.82, 2.24) is 9.55 Å². The van der Waals surface area contributed by atoms with Gasteiger partial charge in [-0.25, -0.2) is 4.98 Å². The lowest BCUT2D eigenvalue weighted by Crippen LogP contribution is -2.14. The molecule has 0 radical (unpaired) electrons. The summed E-state index contributed by atoms with van der Waals surface area (Å²) in [6.07, 6.45) is 1.98. The lowest BCUT2D eigenvalue weighted by molar-refractivity contribution is 0.0996. The second kappa shape index (κ2) is 6.00. The molecule has 0 aliphatic heterocycles. The van der Waals surface area contributed by atoms with Crippen LogP contribution in [0.1, 0.15) is 28.5 Å². The van der Waals surface area contributed by atoms with Gasteiger partial charge in [-0.3, -0.25) is 4.79 Å². The summed E-state index contributed by atoms with van der Waals surface area (Å²) in [6, 6.07) is 7.79. The SMILES string of the molecule is CCn1ccc2c(-c3c(C)ccc(OC)c3C)cc(C(N)=O)nc21. The Morgan fingerprint density at radius 3 is 2.67 bits per heavy atom. The summed E-state index contributed by atoms with van der Waals surface area (Å²) in [6.45, 7) is 6.89. The van der Waals surface area contributed by atoms with Crippen LogP contribution in [0.25, 0.3) is 22.2 Å². The van der Waals surface area contributed by atoms with Crippen LogP contribution in [0.15, 0.2) is 30.5 Å². The molecule has 1 amide bonds. The minimum atomic E-state index is -0.528. The number of aryl methyl sites for hydroxylation is 2. The number of hydrogen-bond acceptors (Lipinski definition) is 3. The number of carbonyl (C=O) groups is 1. The van der Waals surface area contributed by atoms with Crippen molar-refractivity contribution in [2.45, 2.75) is 27.3 Å². The fraction of sp³-hybridized carbons (Fsp3) is 0.263. The molecule has 24 heavy (non-hydrogen) atoms. The molecule has 0 saturated carbocycles. The molecular formula is C19H21N3O2. The number of carbonyl (C=O) groups excluding carboxylic acids is 1. The maximum absolute atomic E-state index is 11.8. The summed E-state index contributed by atoms with van der Waals surface area (Å²) in [5.74, 6) is 0.288. The van der Waals surface area contributed by atoms with E-state index in [-0.39, 0.29) is 5.69 Å². The molecule has 5 heteroatoms. The smallest absolute Gasteiger partial charge is 0.267 e. The molecule has 1 aromatic carbocycles. The zero-order chi connectivity index (χ0) is 17.4. The van der Waals surface area contributed by atoms with Gasteiger partial charge < -0.3 is 15.0 Å². The zero-order valence-electron chi connectivity index (χ0n) is 14.4. The molecule has 0 saturated heterocycles. The van der Waals surface area contributed by atoms with E-state index in [1.54, 1.807) is 13.2 Å². The van der Waals surface area contributed by atoms with Crippen LogP contribution in [0, 0.1) is 13.8 Å². The Morgan fingerprint density at radius 1 is 1.29 bits per heavy atom. The molecule has 2 aromatic heterocycles. The van der Waals surface area contributed by atoms with E-state index < -0.39 is 5.91 Å². The number of rotatable bonds is 4. The van der Waals surface area contributed by atoms with Gasteiger partial charge in [-0.1, -0.05) is 6.07 Å². The molecule has 0 aliphatic rings. The van der Waals surface area contributed by atoms with E-state index in [0.717, 1.165) is 45.6 Å². The van der Waals surface area contributed by atoms with Crippen molar-refractivity contribution in [2.24, 2.45) is 5.73 Å². The maximum Gasteiger partial charge on any atom is 0.267 e. The van der Waals surface area contributed by atoms with Crippen LogP contribution in [0.3, 0.4) is 0 Å². The van der Waals surface area contributed by atoms with E-state index in [1.807, 2.05) is 42.8 Å². The predicted molar refractivity (Wildman–Crippen MR) is 95.4 cm³/mol. The average molecular weight is 323 g/mol. The summed E-state index contributed by atoms with van der Waals surface area (Å²) in [5, 5.41) is 1.00. The molecular weight excluding hydrogens is 302 g/mol. The van der Waals surface area contributed by atoms with Crippen molar-refractivity contribution in [2.75, 3.05) is 7.11 Å². The molecule has 0 aliphatic carbocycles. The highest BCUT2D eigenvalue weighted by atomic mass is 16.5. The molecule has 2 N–H and O–H groups in total. The van der Waals surface area contributed by atoms with E-state index in [9.17, 15) is 4.79 Å². The van der Waals surface area contributed by atoms with Crippen LogP contribution < -0.4 is 10.5 Å². The Kier molecular flexibility index (Phi) is 4.01. The highest BCUT2D eigenvalue weighted by molar-refractivity contribution is 6.01. The second-order valence-electron chi connectivity index (χ2n) is 5.84. The molecule has 5 nitrogen and oxygen atoms in total. The first-order valence-electron chi connectivity index (χ1n) is 7.92. The number of amides is 1. The van der Waals surface area contributed by atoms with Gasteiger partial charge in [0.1, 0.15) is 17.1 Å². The monoisotopic (exact) mass is 323 g/mol. The van der Waals surface area contributed by atoms with Gasteiger partial charge in [-0.2, -0.15) is 0 Å². The topological polar surface area (TPSA) is 70.1 Å². The predicted octanol–water partition coefficient (Wildman–Crippen LogP) is 3.45. The molecule has 0 unspecified atom stereocenters. The summed E-state index contributed by atoms with van der Waals surface area (Å²) < 4.78 is 7.48. The van der Waals surface area contributed by atoms with E-state index in [4.69, 9.17) is 10.5 Å². The summed E-state index contributed by atoms with van der Waals surface area (Å²) in [7, 11) is 1.66. The molecule has 0 bridgehead atoms. The second-order valence-corrected chi connectivity index (χ2v) is 5.84. The molecule has 3 aromatic rings. The first-order chi connectivity index (χ1) is 11.5. The third-order valence-electron chi connectivity index (χ3n) is 4.44. The number of primary amides is 1. The number of ether oxygens (including phenoxy) is 1. The van der Waals surface area contributed by atoms with Gasteiger partial charge in [0, 0.05) is 18.1 Å². The quantitative estimate of drug-likeness (QED) is 0.799. The number of nitrogens with two attached hydrogens (primary N) is 1. The average Bonchev–Trinajstić information content (AvgIpc) is 2.98. The van der Waals surface area contributed by atoms with Crippen molar-refractivity contribution in [1.29, 1.82) is 0 Å². The number of methoxy groups -OCH3 is 1. The van der Waals surface area contributed by atoms with Crippen molar-refractivity contribution < 1.29 is 9.53 Å². The van der Waals surface area contributed by atoms with Crippen LogP contribution in [-0.4, -0.2) is 22.6 Å². The van der Waals surface area contributed by atoms with E-state index in [0.29, 0.717) is 0 Å². The van der Waals surface area contributed by atoms with Crippen molar-refractivity contribution >= 4 is 16.9 Å². The maximum atomic E-state index is 11.8. The lowest BCUT2D eigenvalue weighted by atomic mass is 9.93. The molecule has 124 valence electrons. The number of aromatic nitrogens is 2. The van der Waals surface area contributed by atoms with E-state index in [1.165, 1.54) is 0 Å². The molecule has 2 heterocycles. The summed E-state index contributed by atoms with van der Waals surface area (Å²) in [5.41, 5.74) is 10.7. The highest BCUT2D eigenvalue weighted by Gasteiger charge is 2.18. The van der Waals surface area contributed by atoms with Gasteiger partial charge >= 0.3 is 0 Å². The van der Waals surface area contributed by atoms with Gasteiger partial charge in [0.05, 0.1) is 7.11 Å². The third-order valence-corrected chi connectivity index (χ3v) is 4.44. The molecule has 3 rings (SSSR count). The zero-order valence-corrected chi connectivity index (χ0v) is 14.4. The van der Waals surface area contributed by atoms with Crippen molar-refractivity contribution in [3.8, 4) is 16.9 Å². The van der Waals surface area contributed by atoms with Gasteiger partial charge in [-0.05, 0) is 61.2 Å². The largest absolute Gasteiger partial charge is 0.496 e. The minimum absolute atomic E-state index is 0.271. The van der Waals surface area contributed by atoms with Crippen LogP contribution in [-0.2, 0) is 6.54 Å². The Hall–Kier alpha value is -2.82. The first-order valence-corrected chi connectivity index (χ1v) is 7.92. The Morgan fingerprint density at radius 2 is 2.04 bits per heavy atom. The van der Waals surface area contributed by atoms with Crippen molar-refractivity contribution in [3.05, 3.63) is 47.3 Å². The number of benzene rings is 1. The molecule has 0 spiro atoms. The van der Waals surface area contributed by atoms with Crippen LogP contribution in [0.2, 0.25) is 0 Å². The molecule has 0 atom stereocenters. The Labute approximate surface area is 141 Å². The first kappa shape index (κ1) is 16.1. The summed E-state index contributed by atoms with van der Waals surface area (Å²) >= 11 is 0. The fourth-order valence-corrected chi connectivity index (χ4v) is 3.21. The number of pyridine rings is 1. The Bertz CT molecular complexity index is 941. The minimum Gasteiger partial charge on any atom is -0.496 e. The number of hydrogen-bond donors (Lipinski definition) is 1. The lowest BCUT2D eigenvalue weighted by Gasteiger charge is -2.15. The van der Waals surface area contributed by atoms with E-state index >= 15 is 0 Å². The van der Waals surface area contributed by atoms with Crippen LogP contribution >= 0.6 is 0 Å². The van der Waals surface area contributed by atoms with Gasteiger partial charge in [0.25, 0.3) is 5.91 Å². The number of nitrogens with zero attached hydrogens (tertiary/aromatic N) is 2. The highest BCUT2D eigenvalue weighted by Crippen LogP contribution is 2.37. The standard InChI is InChI=1S/C19H21N3O2/c1-5-22-9-8-13-14(10-15(18(20)23)21-19(13)22)17-11(2)6-7-16(24-4)12(17)3/h6-10H,5H2,1-4H3,(H2,20,23). The van der Waals surface area contributed by atoms with E-state index in [2.05, 4.69) is 11.9 Å². The summed E-state index contributed by atoms with van der Waals surface area (Å²) in [4.78, 5) is 16.2. The van der Waals surface area contributed by atoms with Crippen LogP contribution in [0.5, 0.6) is 5.75 Å². The third kappa shape index (κ3) is 2.42.